The molecule has 2 fully saturated rings. The van der Waals surface area contributed by atoms with Crippen LogP contribution < -0.4 is 0 Å². The third kappa shape index (κ3) is 3.05. The molecule has 2 saturated heterocycles. The van der Waals surface area contributed by atoms with Crippen molar-refractivity contribution in [2.75, 3.05) is 13.7 Å². The fourth-order valence-electron chi connectivity index (χ4n) is 4.33. The van der Waals surface area contributed by atoms with Crippen LogP contribution in [0.25, 0.3) is 0 Å². The Bertz CT molecular complexity index is 584. The molecule has 0 aromatic heterocycles. The lowest BCUT2D eigenvalue weighted by Gasteiger charge is -2.43. The summed E-state index contributed by atoms with van der Waals surface area (Å²) in [5, 5.41) is 0. The minimum absolute atomic E-state index is 0.113. The van der Waals surface area contributed by atoms with Crippen LogP contribution in [-0.2, 0) is 9.53 Å². The van der Waals surface area contributed by atoms with Crippen LogP contribution in [-0.4, -0.2) is 36.6 Å². The zero-order valence-corrected chi connectivity index (χ0v) is 13.7. The molecule has 1 aromatic rings. The first kappa shape index (κ1) is 16.2. The number of rotatable bonds is 4. The monoisotopic (exact) mass is 317 g/mol. The smallest absolute Gasteiger partial charge is 0.310 e. The van der Waals surface area contributed by atoms with Gasteiger partial charge < -0.3 is 4.74 Å². The van der Waals surface area contributed by atoms with E-state index in [1.54, 1.807) is 0 Å². The van der Waals surface area contributed by atoms with Gasteiger partial charge in [-0.3, -0.25) is 9.69 Å². The summed E-state index contributed by atoms with van der Waals surface area (Å²) in [4.78, 5) is 14.9. The first-order valence-electron chi connectivity index (χ1n) is 8.36. The summed E-state index contributed by atoms with van der Waals surface area (Å²) in [5.41, 5.74) is 1.05. The minimum Gasteiger partial charge on any atom is -0.469 e. The molecule has 2 heterocycles. The maximum Gasteiger partial charge on any atom is 0.310 e. The van der Waals surface area contributed by atoms with E-state index in [9.17, 15) is 9.18 Å². The van der Waals surface area contributed by atoms with Crippen molar-refractivity contribution in [3.63, 3.8) is 0 Å². The number of carbonyl (C=O) groups excluding carboxylic acids is 1. The highest BCUT2D eigenvalue weighted by Gasteiger charge is 2.50. The maximum atomic E-state index is 13.2. The van der Waals surface area contributed by atoms with E-state index in [0.29, 0.717) is 6.04 Å². The van der Waals surface area contributed by atoms with E-state index in [1.807, 2.05) is 19.1 Å². The van der Waals surface area contributed by atoms with Crippen LogP contribution in [0.15, 0.2) is 36.4 Å². The lowest BCUT2D eigenvalue weighted by atomic mass is 9.76. The van der Waals surface area contributed by atoms with E-state index in [-0.39, 0.29) is 29.7 Å². The third-order valence-electron chi connectivity index (χ3n) is 5.39. The quantitative estimate of drug-likeness (QED) is 0.629. The van der Waals surface area contributed by atoms with Crippen LogP contribution >= 0.6 is 0 Å². The third-order valence-corrected chi connectivity index (χ3v) is 5.39. The Morgan fingerprint density at radius 1 is 1.35 bits per heavy atom. The van der Waals surface area contributed by atoms with Gasteiger partial charge in [0.25, 0.3) is 0 Å². The van der Waals surface area contributed by atoms with Crippen molar-refractivity contribution in [2.45, 2.75) is 44.2 Å². The molecule has 0 aliphatic carbocycles. The molecule has 0 amide bonds. The number of hydrogen-bond acceptors (Lipinski definition) is 3. The Kier molecular flexibility index (Phi) is 4.81. The molecule has 0 spiro atoms. The Balaban J connectivity index is 1.91. The van der Waals surface area contributed by atoms with E-state index in [0.717, 1.165) is 31.4 Å². The van der Waals surface area contributed by atoms with E-state index in [1.165, 1.54) is 19.2 Å². The van der Waals surface area contributed by atoms with E-state index in [4.69, 9.17) is 4.74 Å². The predicted molar refractivity (Wildman–Crippen MR) is 87.6 cm³/mol. The second-order valence-electron chi connectivity index (χ2n) is 6.51. The van der Waals surface area contributed by atoms with Crippen LogP contribution in [0, 0.1) is 11.7 Å². The topological polar surface area (TPSA) is 29.5 Å². The Morgan fingerprint density at radius 3 is 2.74 bits per heavy atom. The molecule has 0 N–H and O–H groups in total. The summed E-state index contributed by atoms with van der Waals surface area (Å²) in [7, 11) is 1.46. The molecule has 4 unspecified atom stereocenters. The molecule has 0 saturated carbocycles. The normalized spacial score (nSPS) is 30.7. The molecule has 4 atom stereocenters. The fraction of sp³-hybridized carbons (Fsp3) is 0.526. The van der Waals surface area contributed by atoms with E-state index in [2.05, 4.69) is 17.1 Å². The van der Waals surface area contributed by atoms with Gasteiger partial charge in [0.15, 0.2) is 0 Å². The Labute approximate surface area is 137 Å². The number of ether oxygens (including phenoxy) is 1. The van der Waals surface area contributed by atoms with Crippen LogP contribution in [0.4, 0.5) is 4.39 Å². The van der Waals surface area contributed by atoms with Crippen molar-refractivity contribution >= 4 is 5.97 Å². The lowest BCUT2D eigenvalue weighted by molar-refractivity contribution is -0.150. The number of benzene rings is 1. The largest absolute Gasteiger partial charge is 0.469 e. The molecule has 1 aromatic carbocycles. The number of carbonyl (C=O) groups is 1. The summed E-state index contributed by atoms with van der Waals surface area (Å²) in [6, 6.07) is 7.31. The summed E-state index contributed by atoms with van der Waals surface area (Å²) >= 11 is 0. The van der Waals surface area contributed by atoms with Gasteiger partial charge in [-0.1, -0.05) is 24.3 Å². The standard InChI is InChI=1S/C19H24FNO2/c1-3-4-11-21-15-9-10-17(21)18(19(22)23-2)16(12-15)13-5-7-14(20)8-6-13/h3-8,15-18H,9-12H2,1-2H3. The van der Waals surface area contributed by atoms with E-state index < -0.39 is 0 Å². The first-order chi connectivity index (χ1) is 11.2. The second-order valence-corrected chi connectivity index (χ2v) is 6.51. The van der Waals surface area contributed by atoms with Gasteiger partial charge >= 0.3 is 5.97 Å². The molecule has 2 aliphatic heterocycles. The summed E-state index contributed by atoms with van der Waals surface area (Å²) in [6.45, 7) is 2.90. The molecule has 2 aliphatic rings. The highest BCUT2D eigenvalue weighted by atomic mass is 19.1. The number of fused-ring (bicyclic) bond motifs is 2. The predicted octanol–water partition coefficient (Wildman–Crippen LogP) is 3.51. The van der Waals surface area contributed by atoms with Crippen LogP contribution in [0.2, 0.25) is 0 Å². The van der Waals surface area contributed by atoms with E-state index >= 15 is 0 Å². The van der Waals surface area contributed by atoms with Crippen molar-refractivity contribution in [3.05, 3.63) is 47.8 Å². The minimum atomic E-state index is -0.239. The summed E-state index contributed by atoms with van der Waals surface area (Å²) in [6.07, 6.45) is 7.28. The van der Waals surface area contributed by atoms with Crippen molar-refractivity contribution < 1.29 is 13.9 Å². The molecule has 3 rings (SSSR count). The number of nitrogens with zero attached hydrogens (tertiary/aromatic N) is 1. The second kappa shape index (κ2) is 6.83. The Morgan fingerprint density at radius 2 is 2.09 bits per heavy atom. The van der Waals surface area contributed by atoms with Gasteiger partial charge in [0.05, 0.1) is 13.0 Å². The van der Waals surface area contributed by atoms with Crippen molar-refractivity contribution in [3.8, 4) is 0 Å². The molecule has 2 bridgehead atoms. The molecular weight excluding hydrogens is 293 g/mol. The highest BCUT2D eigenvalue weighted by molar-refractivity contribution is 5.75. The number of allylic oxidation sites excluding steroid dienone is 1. The summed E-state index contributed by atoms with van der Waals surface area (Å²) in [5.74, 6) is -0.441. The molecule has 124 valence electrons. The fourth-order valence-corrected chi connectivity index (χ4v) is 4.33. The first-order valence-corrected chi connectivity index (χ1v) is 8.36. The van der Waals surface area contributed by atoms with Gasteiger partial charge in [-0.2, -0.15) is 0 Å². The maximum absolute atomic E-state index is 13.2. The van der Waals surface area contributed by atoms with Crippen LogP contribution in [0.5, 0.6) is 0 Å². The number of hydrogen-bond donors (Lipinski definition) is 0. The van der Waals surface area contributed by atoms with Gasteiger partial charge in [0, 0.05) is 24.5 Å². The molecule has 4 heteroatoms. The average molecular weight is 317 g/mol. The summed E-state index contributed by atoms with van der Waals surface area (Å²) < 4.78 is 18.3. The molecule has 3 nitrogen and oxygen atoms in total. The van der Waals surface area contributed by atoms with Crippen LogP contribution in [0.1, 0.15) is 37.7 Å². The van der Waals surface area contributed by atoms with Gasteiger partial charge in [0.1, 0.15) is 5.82 Å². The van der Waals surface area contributed by atoms with Gasteiger partial charge in [-0.15, -0.1) is 0 Å². The number of halogens is 1. The lowest BCUT2D eigenvalue weighted by Crippen LogP contribution is -2.50. The number of methoxy groups -OCH3 is 1. The van der Waals surface area contributed by atoms with Gasteiger partial charge in [-0.25, -0.2) is 4.39 Å². The molecule has 23 heavy (non-hydrogen) atoms. The van der Waals surface area contributed by atoms with Crippen molar-refractivity contribution in [1.29, 1.82) is 0 Å². The number of esters is 1. The van der Waals surface area contributed by atoms with Crippen LogP contribution in [0.3, 0.4) is 0 Å². The molecule has 0 radical (unpaired) electrons. The average Bonchev–Trinajstić information content (AvgIpc) is 2.84. The SMILES string of the molecule is CC=CCN1C2CCC1C(C(=O)OC)C(c1ccc(F)cc1)C2. The van der Waals surface area contributed by atoms with Gasteiger partial charge in [-0.05, 0) is 43.9 Å². The Hall–Kier alpha value is -1.68. The molecular formula is C19H24FNO2. The van der Waals surface area contributed by atoms with Gasteiger partial charge in [0.2, 0.25) is 0 Å². The van der Waals surface area contributed by atoms with Crippen molar-refractivity contribution in [1.82, 2.24) is 4.90 Å². The van der Waals surface area contributed by atoms with Crippen molar-refractivity contribution in [2.24, 2.45) is 5.92 Å². The number of piperidine rings is 1. The highest BCUT2D eigenvalue weighted by Crippen LogP contribution is 2.47. The zero-order chi connectivity index (χ0) is 16.4. The zero-order valence-electron chi connectivity index (χ0n) is 13.7.